The van der Waals surface area contributed by atoms with Crippen molar-refractivity contribution in [3.8, 4) is 11.5 Å². The quantitative estimate of drug-likeness (QED) is 0.0377. The van der Waals surface area contributed by atoms with Gasteiger partial charge in [-0.15, -0.1) is 0 Å². The summed E-state index contributed by atoms with van der Waals surface area (Å²) >= 11 is 0. The van der Waals surface area contributed by atoms with Crippen LogP contribution in [-0.4, -0.2) is 61.1 Å². The van der Waals surface area contributed by atoms with Crippen molar-refractivity contribution in [1.82, 2.24) is 0 Å². The summed E-state index contributed by atoms with van der Waals surface area (Å²) in [5.41, 5.74) is 1.75. The molecule has 0 radical (unpaired) electrons. The summed E-state index contributed by atoms with van der Waals surface area (Å²) in [5.74, 6) is -0.414. The predicted octanol–water partition coefficient (Wildman–Crippen LogP) is 9.24. The third-order valence-corrected chi connectivity index (χ3v) is 8.45. The Hall–Kier alpha value is -4.96. The third-order valence-electron chi connectivity index (χ3n) is 8.45. The van der Waals surface area contributed by atoms with Gasteiger partial charge in [0.1, 0.15) is 11.5 Å². The molecule has 0 aliphatic rings. The topological polar surface area (TPSA) is 114 Å². The fraction of sp³-hybridized carbons (Fsp3) is 0.391. The van der Waals surface area contributed by atoms with Crippen molar-refractivity contribution in [3.63, 3.8) is 0 Å². The van der Waals surface area contributed by atoms with Gasteiger partial charge in [-0.3, -0.25) is 19.2 Å². The molecule has 2 unspecified atom stereocenters. The molecular weight excluding hydrogens is 696 g/mol. The summed E-state index contributed by atoms with van der Waals surface area (Å²) in [6.45, 7) is 13.2. The van der Waals surface area contributed by atoms with Gasteiger partial charge in [0.15, 0.2) is 11.6 Å². The van der Waals surface area contributed by atoms with Gasteiger partial charge in [-0.2, -0.15) is 0 Å². The molecule has 4 aromatic carbocycles. The molecule has 55 heavy (non-hydrogen) atoms. The summed E-state index contributed by atoms with van der Waals surface area (Å²) < 4.78 is 29.7. The Morgan fingerprint density at radius 2 is 0.945 bits per heavy atom. The lowest BCUT2D eigenvalue weighted by atomic mass is 9.93. The number of carbonyl (C=O) groups is 4. The molecule has 2 atom stereocenters. The minimum Gasteiger partial charge on any atom is -0.427 e. The smallest absolute Gasteiger partial charge is 0.311 e. The maximum Gasteiger partial charge on any atom is 0.311 e. The molecule has 0 saturated heterocycles. The highest BCUT2D eigenvalue weighted by atomic mass is 16.6. The van der Waals surface area contributed by atoms with Gasteiger partial charge in [-0.25, -0.2) is 0 Å². The Morgan fingerprint density at radius 3 is 1.36 bits per heavy atom. The fourth-order valence-corrected chi connectivity index (χ4v) is 5.51. The minimum atomic E-state index is -0.511. The minimum absolute atomic E-state index is 0.0730. The van der Waals surface area contributed by atoms with Crippen LogP contribution in [0.2, 0.25) is 0 Å². The van der Waals surface area contributed by atoms with Crippen molar-refractivity contribution in [2.24, 2.45) is 5.41 Å². The SMILES string of the molecule is CC(C)(C)CCOCC(CCC(=O)Oc1ccc(C(=O)c2ccccc2)cc1)OCC(CCC(=O)Oc1ccc(C(=O)c2ccccc2)cc1)OC(C)(C)C. The monoisotopic (exact) mass is 750 g/mol. The molecule has 4 aromatic rings. The van der Waals surface area contributed by atoms with Gasteiger partial charge in [-0.05, 0) is 94.0 Å². The molecule has 0 saturated carbocycles. The first kappa shape index (κ1) is 42.8. The Bertz CT molecular complexity index is 1800. The number of hydrogen-bond donors (Lipinski definition) is 0. The molecule has 9 heteroatoms. The number of carbonyl (C=O) groups excluding carboxylic acids is 4. The molecule has 0 aromatic heterocycles. The van der Waals surface area contributed by atoms with Crippen molar-refractivity contribution >= 4 is 23.5 Å². The van der Waals surface area contributed by atoms with Crippen LogP contribution >= 0.6 is 0 Å². The normalized spacial score (nSPS) is 12.8. The van der Waals surface area contributed by atoms with Gasteiger partial charge in [0.25, 0.3) is 0 Å². The van der Waals surface area contributed by atoms with E-state index in [4.69, 9.17) is 23.7 Å². The van der Waals surface area contributed by atoms with E-state index in [1.165, 1.54) is 0 Å². The lowest BCUT2D eigenvalue weighted by molar-refractivity contribution is -0.141. The van der Waals surface area contributed by atoms with E-state index in [1.54, 1.807) is 72.8 Å². The first-order valence-electron chi connectivity index (χ1n) is 18.8. The van der Waals surface area contributed by atoms with E-state index in [-0.39, 0.29) is 43.0 Å². The molecule has 0 amide bonds. The van der Waals surface area contributed by atoms with Gasteiger partial charge in [0.2, 0.25) is 0 Å². The number of esters is 2. The van der Waals surface area contributed by atoms with Crippen LogP contribution in [0.15, 0.2) is 109 Å². The van der Waals surface area contributed by atoms with E-state index in [0.29, 0.717) is 53.2 Å². The predicted molar refractivity (Wildman–Crippen MR) is 212 cm³/mol. The summed E-state index contributed by atoms with van der Waals surface area (Å²) in [6.07, 6.45) is 0.797. The molecule has 0 N–H and O–H groups in total. The molecule has 9 nitrogen and oxygen atoms in total. The zero-order chi connectivity index (χ0) is 39.8. The summed E-state index contributed by atoms with van der Waals surface area (Å²) in [6, 6.07) is 31.0. The maximum absolute atomic E-state index is 12.9. The Labute approximate surface area is 325 Å². The maximum atomic E-state index is 12.9. The Balaban J connectivity index is 1.31. The van der Waals surface area contributed by atoms with Crippen molar-refractivity contribution in [2.75, 3.05) is 19.8 Å². The van der Waals surface area contributed by atoms with E-state index >= 15 is 0 Å². The average molecular weight is 751 g/mol. The lowest BCUT2D eigenvalue weighted by Gasteiger charge is -2.29. The molecule has 0 bridgehead atoms. The molecule has 0 heterocycles. The molecular formula is C46H54O9. The van der Waals surface area contributed by atoms with Gasteiger partial charge in [-0.1, -0.05) is 81.4 Å². The molecule has 0 fully saturated rings. The second kappa shape index (κ2) is 20.6. The van der Waals surface area contributed by atoms with Gasteiger partial charge < -0.3 is 23.7 Å². The van der Waals surface area contributed by atoms with E-state index < -0.39 is 29.7 Å². The van der Waals surface area contributed by atoms with E-state index in [1.807, 2.05) is 57.2 Å². The van der Waals surface area contributed by atoms with Crippen LogP contribution in [0.1, 0.15) is 105 Å². The van der Waals surface area contributed by atoms with E-state index in [0.717, 1.165) is 6.42 Å². The first-order valence-corrected chi connectivity index (χ1v) is 18.8. The van der Waals surface area contributed by atoms with Gasteiger partial charge >= 0.3 is 11.9 Å². The molecule has 0 aliphatic heterocycles. The van der Waals surface area contributed by atoms with Crippen LogP contribution in [0, 0.1) is 5.41 Å². The Morgan fingerprint density at radius 1 is 0.527 bits per heavy atom. The highest BCUT2D eigenvalue weighted by molar-refractivity contribution is 6.09. The van der Waals surface area contributed by atoms with Crippen LogP contribution in [0.3, 0.4) is 0 Å². The molecule has 4 rings (SSSR count). The van der Waals surface area contributed by atoms with E-state index in [9.17, 15) is 19.2 Å². The summed E-state index contributed by atoms with van der Waals surface area (Å²) in [7, 11) is 0. The van der Waals surface area contributed by atoms with Crippen LogP contribution in [0.25, 0.3) is 0 Å². The van der Waals surface area contributed by atoms with Crippen molar-refractivity contribution < 1.29 is 42.9 Å². The number of benzene rings is 4. The number of rotatable bonds is 20. The largest absolute Gasteiger partial charge is 0.427 e. The second-order valence-electron chi connectivity index (χ2n) is 15.7. The standard InChI is InChI=1S/C46H54O9/c1-45(2,3)29-30-51-31-39(25-27-41(47)53-37-21-17-35(18-22-37)43(49)33-13-9-7-10-14-33)52-32-40(55-46(4,5)6)26-28-42(48)54-38-23-19-36(20-24-38)44(50)34-15-11-8-12-16-34/h7-24,39-40H,25-32H2,1-6H3. The molecule has 0 spiro atoms. The van der Waals surface area contributed by atoms with Crippen LogP contribution in [0.4, 0.5) is 0 Å². The third kappa shape index (κ3) is 15.7. The van der Waals surface area contributed by atoms with E-state index in [2.05, 4.69) is 20.8 Å². The van der Waals surface area contributed by atoms with Crippen molar-refractivity contribution in [3.05, 3.63) is 131 Å². The lowest BCUT2D eigenvalue weighted by Crippen LogP contribution is -2.34. The summed E-state index contributed by atoms with van der Waals surface area (Å²) in [5, 5.41) is 0. The second-order valence-corrected chi connectivity index (χ2v) is 15.7. The zero-order valence-electron chi connectivity index (χ0n) is 32.9. The number of hydrogen-bond acceptors (Lipinski definition) is 9. The van der Waals surface area contributed by atoms with Crippen molar-refractivity contribution in [2.45, 2.75) is 91.5 Å². The molecule has 292 valence electrons. The van der Waals surface area contributed by atoms with Crippen molar-refractivity contribution in [1.29, 1.82) is 0 Å². The van der Waals surface area contributed by atoms with Crippen LogP contribution in [0.5, 0.6) is 11.5 Å². The first-order chi connectivity index (χ1) is 26.1. The van der Waals surface area contributed by atoms with Gasteiger partial charge in [0.05, 0.1) is 31.0 Å². The molecule has 0 aliphatic carbocycles. The zero-order valence-corrected chi connectivity index (χ0v) is 32.9. The van der Waals surface area contributed by atoms with Crippen LogP contribution < -0.4 is 9.47 Å². The number of ketones is 2. The highest BCUT2D eigenvalue weighted by Crippen LogP contribution is 2.22. The Kier molecular flexibility index (Phi) is 16.1. The fourth-order valence-electron chi connectivity index (χ4n) is 5.51. The van der Waals surface area contributed by atoms with Crippen LogP contribution in [-0.2, 0) is 23.8 Å². The van der Waals surface area contributed by atoms with Gasteiger partial charge in [0, 0.05) is 41.7 Å². The number of ether oxygens (including phenoxy) is 5. The average Bonchev–Trinajstić information content (AvgIpc) is 3.16. The highest BCUT2D eigenvalue weighted by Gasteiger charge is 2.24. The summed E-state index contributed by atoms with van der Waals surface area (Å²) in [4.78, 5) is 51.3.